The van der Waals surface area contributed by atoms with Gasteiger partial charge in [0.1, 0.15) is 29.5 Å². The fourth-order valence-electron chi connectivity index (χ4n) is 7.14. The summed E-state index contributed by atoms with van der Waals surface area (Å²) >= 11 is 0. The summed E-state index contributed by atoms with van der Waals surface area (Å²) in [5.41, 5.74) is -0.300. The van der Waals surface area contributed by atoms with Crippen LogP contribution in [-0.4, -0.2) is 76.8 Å². The fraction of sp³-hybridized carbons (Fsp3) is 0.528. The predicted molar refractivity (Wildman–Crippen MR) is 186 cm³/mol. The first kappa shape index (κ1) is 34.0. The average molecular weight is 705 g/mol. The molecular formula is C36H44N6O7S. The van der Waals surface area contributed by atoms with Gasteiger partial charge < -0.3 is 24.7 Å². The smallest absolute Gasteiger partial charge is 0.316 e. The molecule has 1 saturated heterocycles. The second kappa shape index (κ2) is 13.3. The van der Waals surface area contributed by atoms with Gasteiger partial charge in [-0.15, -0.1) is 11.7 Å². The first-order chi connectivity index (χ1) is 24.0. The van der Waals surface area contributed by atoms with Gasteiger partial charge in [0.15, 0.2) is 0 Å². The summed E-state index contributed by atoms with van der Waals surface area (Å²) in [6.45, 7) is 7.66. The quantitative estimate of drug-likeness (QED) is 0.308. The zero-order valence-electron chi connectivity index (χ0n) is 28.4. The summed E-state index contributed by atoms with van der Waals surface area (Å²) in [6, 6.07) is 10.5. The van der Waals surface area contributed by atoms with E-state index in [0.717, 1.165) is 36.5 Å². The first-order valence-electron chi connectivity index (χ1n) is 17.6. The number of hydrogen-bond acceptors (Lipinski definition) is 10. The van der Waals surface area contributed by atoms with Crippen LogP contribution in [0.15, 0.2) is 53.5 Å². The third kappa shape index (κ3) is 6.81. The molecule has 1 aromatic heterocycles. The van der Waals surface area contributed by atoms with E-state index in [4.69, 9.17) is 9.15 Å². The second-order valence-corrected chi connectivity index (χ2v) is 16.4. The number of nitrogens with one attached hydrogen (secondary N) is 3. The van der Waals surface area contributed by atoms with E-state index >= 15 is 0 Å². The lowest BCUT2D eigenvalue weighted by Crippen LogP contribution is -2.58. The van der Waals surface area contributed by atoms with E-state index in [0.29, 0.717) is 30.9 Å². The minimum atomic E-state index is -3.85. The van der Waals surface area contributed by atoms with Crippen molar-refractivity contribution in [1.29, 1.82) is 0 Å². The van der Waals surface area contributed by atoms with Crippen molar-refractivity contribution in [3.63, 3.8) is 0 Å². The Labute approximate surface area is 291 Å². The van der Waals surface area contributed by atoms with Crippen LogP contribution in [0.5, 0.6) is 5.75 Å². The number of aryl methyl sites for hydroxylation is 2. The highest BCUT2D eigenvalue weighted by molar-refractivity contribution is 7.91. The second-order valence-electron chi connectivity index (χ2n) is 14.4. The van der Waals surface area contributed by atoms with E-state index in [9.17, 15) is 22.8 Å². The lowest BCUT2D eigenvalue weighted by molar-refractivity contribution is -0.140. The number of amides is 3. The summed E-state index contributed by atoms with van der Waals surface area (Å²) in [4.78, 5) is 43.6. The van der Waals surface area contributed by atoms with Crippen LogP contribution in [0.4, 0.5) is 6.01 Å². The lowest BCUT2D eigenvalue weighted by Gasteiger charge is -2.30. The minimum Gasteiger partial charge on any atom is -0.488 e. The number of carbonyl (C=O) groups excluding carboxylic acids is 3. The average Bonchev–Trinajstić information content (AvgIpc) is 3.98. The van der Waals surface area contributed by atoms with Crippen molar-refractivity contribution in [1.82, 2.24) is 25.1 Å². The number of nitrogens with zero attached hydrogens (tertiary/aromatic N) is 3. The lowest BCUT2D eigenvalue weighted by atomic mass is 10.0. The first-order valence-corrected chi connectivity index (χ1v) is 19.1. The van der Waals surface area contributed by atoms with Gasteiger partial charge in [0.05, 0.1) is 11.8 Å². The molecule has 4 aliphatic rings. The number of benzene rings is 2. The van der Waals surface area contributed by atoms with Gasteiger partial charge in [-0.1, -0.05) is 55.7 Å². The van der Waals surface area contributed by atoms with Crippen LogP contribution in [0, 0.1) is 11.8 Å². The topological polar surface area (TPSA) is 173 Å². The van der Waals surface area contributed by atoms with Gasteiger partial charge >= 0.3 is 6.01 Å². The van der Waals surface area contributed by atoms with E-state index in [-0.39, 0.29) is 37.2 Å². The van der Waals surface area contributed by atoms with E-state index < -0.39 is 56.7 Å². The Morgan fingerprint density at radius 3 is 2.66 bits per heavy atom. The normalized spacial score (nSPS) is 27.1. The molecule has 3 aromatic rings. The molecule has 14 heteroatoms. The van der Waals surface area contributed by atoms with Gasteiger partial charge in [0, 0.05) is 24.1 Å². The maximum atomic E-state index is 14.4. The van der Waals surface area contributed by atoms with Gasteiger partial charge in [-0.3, -0.25) is 19.1 Å². The molecule has 3 N–H and O–H groups in total. The maximum Gasteiger partial charge on any atom is 0.316 e. The van der Waals surface area contributed by atoms with Crippen molar-refractivity contribution in [2.45, 2.75) is 101 Å². The van der Waals surface area contributed by atoms with Crippen LogP contribution in [0.3, 0.4) is 0 Å². The Bertz CT molecular complexity index is 1920. The molecule has 2 aliphatic heterocycles. The molecule has 0 radical (unpaired) electrons. The molecule has 3 fully saturated rings. The molecule has 0 spiro atoms. The molecule has 2 saturated carbocycles. The largest absolute Gasteiger partial charge is 0.488 e. The van der Waals surface area contributed by atoms with Crippen molar-refractivity contribution in [3.8, 4) is 5.75 Å². The zero-order valence-corrected chi connectivity index (χ0v) is 29.2. The van der Waals surface area contributed by atoms with E-state index in [2.05, 4.69) is 50.3 Å². The standard InChI is InChI=1S/C36H44N6O7S/c1-4-24-19-36(24,34(45)41-50(46,47)26-15-16-26)38-32(43)28-18-25-20-42(28)33(44)31(21(2)3)37-35-40-39-30(49-35)12-7-5-6-9-22-13-14-23-10-8-11-29(48-25)27(23)17-22/h4,8,10-11,13-14,17,21,24-26,28,31H,1,5-7,9,12,15-16,18-20H2,2-3H3,(H,37,40)(H,38,43)(H,41,45)/t24-,25?,28-,31-,36+/m0/s1. The highest BCUT2D eigenvalue weighted by Crippen LogP contribution is 2.45. The van der Waals surface area contributed by atoms with Crippen LogP contribution in [0.1, 0.15) is 70.2 Å². The Morgan fingerprint density at radius 1 is 1.12 bits per heavy atom. The van der Waals surface area contributed by atoms with Crippen LogP contribution in [0.2, 0.25) is 0 Å². The summed E-state index contributed by atoms with van der Waals surface area (Å²) in [6.07, 6.45) is 6.68. The van der Waals surface area contributed by atoms with Gasteiger partial charge in [-0.25, -0.2) is 8.42 Å². The van der Waals surface area contributed by atoms with Crippen molar-refractivity contribution < 1.29 is 32.0 Å². The number of carbonyl (C=O) groups is 3. The van der Waals surface area contributed by atoms with Crippen LogP contribution in [-0.2, 0) is 37.2 Å². The molecule has 5 atom stereocenters. The predicted octanol–water partition coefficient (Wildman–Crippen LogP) is 3.65. The third-order valence-corrected chi connectivity index (χ3v) is 12.2. The van der Waals surface area contributed by atoms with Crippen molar-refractivity contribution in [2.75, 3.05) is 11.9 Å². The van der Waals surface area contributed by atoms with Crippen molar-refractivity contribution in [2.24, 2.45) is 11.8 Å². The summed E-state index contributed by atoms with van der Waals surface area (Å²) in [7, 11) is -3.85. The van der Waals surface area contributed by atoms with E-state index in [1.54, 1.807) is 0 Å². The Kier molecular flexibility index (Phi) is 9.08. The third-order valence-electron chi connectivity index (χ3n) is 10.3. The van der Waals surface area contributed by atoms with Crippen LogP contribution < -0.4 is 20.1 Å². The van der Waals surface area contributed by atoms with Gasteiger partial charge in [0.25, 0.3) is 5.91 Å². The number of rotatable bonds is 7. The van der Waals surface area contributed by atoms with Gasteiger partial charge in [-0.05, 0) is 67.5 Å². The van der Waals surface area contributed by atoms with E-state index in [1.165, 1.54) is 16.5 Å². The SMILES string of the molecule is C=C[C@H]1C[C@]1(NC(=O)[C@@H]1CC2CN1C(=O)[C@H](C(C)C)Nc1nnc(o1)CCCCCc1ccc3cccc(c3c1)O2)C(=O)NS(=O)(=O)C1CC1. The maximum absolute atomic E-state index is 14.4. The molecule has 7 rings (SSSR count). The number of anilines is 1. The Balaban J connectivity index is 1.21. The van der Waals surface area contributed by atoms with Gasteiger partial charge in [0.2, 0.25) is 27.7 Å². The molecule has 3 heterocycles. The van der Waals surface area contributed by atoms with Crippen molar-refractivity contribution >= 4 is 44.5 Å². The molecular weight excluding hydrogens is 660 g/mol. The monoisotopic (exact) mass is 704 g/mol. The summed E-state index contributed by atoms with van der Waals surface area (Å²) in [5, 5.41) is 15.7. The number of sulfonamides is 1. The molecule has 2 aliphatic carbocycles. The highest BCUT2D eigenvalue weighted by Gasteiger charge is 2.62. The Morgan fingerprint density at radius 2 is 1.92 bits per heavy atom. The molecule has 1 unspecified atom stereocenters. The van der Waals surface area contributed by atoms with E-state index in [1.807, 2.05) is 32.0 Å². The van der Waals surface area contributed by atoms with Crippen molar-refractivity contribution in [3.05, 3.63) is 60.5 Å². The molecule has 6 bridgehead atoms. The number of ether oxygens (including phenoxy) is 1. The number of aromatic nitrogens is 2. The number of fused-ring (bicyclic) bond motifs is 5. The Hall–Kier alpha value is -4.46. The van der Waals surface area contributed by atoms with Crippen LogP contribution in [0.25, 0.3) is 10.8 Å². The minimum absolute atomic E-state index is 0.104. The summed E-state index contributed by atoms with van der Waals surface area (Å²) < 4.78 is 40.0. The number of hydrogen-bond donors (Lipinski definition) is 3. The molecule has 2 aromatic carbocycles. The molecule has 266 valence electrons. The van der Waals surface area contributed by atoms with Gasteiger partial charge in [-0.2, -0.15) is 0 Å². The summed E-state index contributed by atoms with van der Waals surface area (Å²) in [5.74, 6) is -1.28. The van der Waals surface area contributed by atoms with Crippen LogP contribution >= 0.6 is 0 Å². The molecule has 50 heavy (non-hydrogen) atoms. The zero-order chi connectivity index (χ0) is 35.2. The molecule has 13 nitrogen and oxygen atoms in total. The molecule has 3 amide bonds. The highest BCUT2D eigenvalue weighted by atomic mass is 32.2. The fourth-order valence-corrected chi connectivity index (χ4v) is 8.51.